The number of ether oxygens (including phenoxy) is 2. The Morgan fingerprint density at radius 2 is 1.88 bits per heavy atom. The van der Waals surface area contributed by atoms with Gasteiger partial charge in [0.25, 0.3) is 0 Å². The smallest absolute Gasteiger partial charge is 0.407 e. The van der Waals surface area contributed by atoms with Crippen LogP contribution in [0.25, 0.3) is 0 Å². The molecule has 148 valence electrons. The van der Waals surface area contributed by atoms with Crippen LogP contribution in [-0.2, 0) is 19.1 Å². The predicted molar refractivity (Wildman–Crippen MR) is 98.4 cm³/mol. The lowest BCUT2D eigenvalue weighted by atomic mass is 9.93. The fourth-order valence-electron chi connectivity index (χ4n) is 3.27. The molecule has 0 radical (unpaired) electrons. The zero-order valence-electron chi connectivity index (χ0n) is 16.6. The van der Waals surface area contributed by atoms with Crippen molar-refractivity contribution in [2.24, 2.45) is 11.8 Å². The molecule has 2 amide bonds. The lowest BCUT2D eigenvalue weighted by Crippen LogP contribution is -2.48. The highest BCUT2D eigenvalue weighted by Gasteiger charge is 2.43. The summed E-state index contributed by atoms with van der Waals surface area (Å²) in [7, 11) is 1.36. The lowest BCUT2D eigenvalue weighted by molar-refractivity contribution is -0.145. The summed E-state index contributed by atoms with van der Waals surface area (Å²) >= 11 is 0. The van der Waals surface area contributed by atoms with Gasteiger partial charge in [-0.05, 0) is 40.0 Å². The highest BCUT2D eigenvalue weighted by Crippen LogP contribution is 2.35. The number of carbonyl (C=O) groups excluding carboxylic acids is 3. The molecule has 1 fully saturated rings. The van der Waals surface area contributed by atoms with Gasteiger partial charge in [0.1, 0.15) is 5.60 Å². The summed E-state index contributed by atoms with van der Waals surface area (Å²) in [5, 5.41) is 5.79. The van der Waals surface area contributed by atoms with Crippen LogP contribution >= 0.6 is 0 Å². The summed E-state index contributed by atoms with van der Waals surface area (Å²) in [5.74, 6) is -0.910. The van der Waals surface area contributed by atoms with Crippen molar-refractivity contribution >= 4 is 18.0 Å². The molecule has 1 aliphatic rings. The molecular formula is C19H32N2O5. The largest absolute Gasteiger partial charge is 0.469 e. The van der Waals surface area contributed by atoms with Gasteiger partial charge in [0.05, 0.1) is 19.1 Å². The minimum Gasteiger partial charge on any atom is -0.469 e. The zero-order valence-corrected chi connectivity index (χ0v) is 16.6. The molecule has 1 aliphatic carbocycles. The van der Waals surface area contributed by atoms with Crippen molar-refractivity contribution in [2.45, 2.75) is 71.6 Å². The fourth-order valence-corrected chi connectivity index (χ4v) is 3.27. The molecule has 0 aromatic heterocycles. The second-order valence-electron chi connectivity index (χ2n) is 7.67. The molecule has 0 spiro atoms. The summed E-state index contributed by atoms with van der Waals surface area (Å²) in [6.45, 7) is 8.83. The van der Waals surface area contributed by atoms with Crippen molar-refractivity contribution in [2.75, 3.05) is 7.11 Å². The normalized spacial score (nSPS) is 24.2. The Morgan fingerprint density at radius 1 is 1.23 bits per heavy atom. The van der Waals surface area contributed by atoms with Gasteiger partial charge in [-0.25, -0.2) is 4.79 Å². The molecule has 1 rings (SSSR count). The zero-order chi connectivity index (χ0) is 19.9. The number of allylic oxidation sites excluding steroid dienone is 1. The predicted octanol–water partition coefficient (Wildman–Crippen LogP) is 2.55. The van der Waals surface area contributed by atoms with Gasteiger partial charge in [-0.15, -0.1) is 0 Å². The minimum absolute atomic E-state index is 0.127. The SMILES string of the molecule is CC/C=C/C(NC(C)=O)[C@@H]1CC(C(=O)OC)C[C@H]1NC(=O)OC(C)(C)C. The Morgan fingerprint density at radius 3 is 2.38 bits per heavy atom. The van der Waals surface area contributed by atoms with E-state index in [1.54, 1.807) is 20.8 Å². The van der Waals surface area contributed by atoms with E-state index in [2.05, 4.69) is 10.6 Å². The number of nitrogens with one attached hydrogen (secondary N) is 2. The van der Waals surface area contributed by atoms with E-state index in [1.807, 2.05) is 19.1 Å². The van der Waals surface area contributed by atoms with Crippen molar-refractivity contribution in [3.05, 3.63) is 12.2 Å². The number of rotatable bonds is 6. The van der Waals surface area contributed by atoms with E-state index >= 15 is 0 Å². The highest BCUT2D eigenvalue weighted by atomic mass is 16.6. The molecule has 0 aromatic rings. The molecule has 1 saturated carbocycles. The molecule has 7 heteroatoms. The summed E-state index contributed by atoms with van der Waals surface area (Å²) in [6.07, 6.45) is 5.16. The number of amides is 2. The molecule has 0 saturated heterocycles. The van der Waals surface area contributed by atoms with E-state index < -0.39 is 11.7 Å². The van der Waals surface area contributed by atoms with Gasteiger partial charge in [0, 0.05) is 18.9 Å². The Balaban J connectivity index is 2.99. The fraction of sp³-hybridized carbons (Fsp3) is 0.737. The number of carbonyl (C=O) groups is 3. The molecule has 2 N–H and O–H groups in total. The average Bonchev–Trinajstić information content (AvgIpc) is 2.92. The summed E-state index contributed by atoms with van der Waals surface area (Å²) in [4.78, 5) is 35.8. The van der Waals surface area contributed by atoms with E-state index in [0.29, 0.717) is 12.8 Å². The average molecular weight is 368 g/mol. The number of esters is 1. The molecular weight excluding hydrogens is 336 g/mol. The first-order chi connectivity index (χ1) is 12.1. The third kappa shape index (κ3) is 7.06. The summed E-state index contributed by atoms with van der Waals surface area (Å²) in [5.41, 5.74) is -0.612. The van der Waals surface area contributed by atoms with Crippen LogP contribution in [0.4, 0.5) is 4.79 Å². The number of hydrogen-bond acceptors (Lipinski definition) is 5. The quantitative estimate of drug-likeness (QED) is 0.555. The molecule has 0 aliphatic heterocycles. The Bertz CT molecular complexity index is 539. The van der Waals surface area contributed by atoms with Gasteiger partial charge in [-0.2, -0.15) is 0 Å². The van der Waals surface area contributed by atoms with Crippen LogP contribution < -0.4 is 10.6 Å². The summed E-state index contributed by atoms with van der Waals surface area (Å²) in [6, 6.07) is -0.575. The van der Waals surface area contributed by atoms with Crippen LogP contribution in [0.1, 0.15) is 53.9 Å². The van der Waals surface area contributed by atoms with Crippen molar-refractivity contribution in [3.8, 4) is 0 Å². The van der Waals surface area contributed by atoms with Crippen molar-refractivity contribution in [3.63, 3.8) is 0 Å². The minimum atomic E-state index is -0.612. The van der Waals surface area contributed by atoms with E-state index in [4.69, 9.17) is 9.47 Å². The number of alkyl carbamates (subject to hydrolysis) is 1. The second-order valence-corrected chi connectivity index (χ2v) is 7.67. The van der Waals surface area contributed by atoms with Gasteiger partial charge in [-0.3, -0.25) is 9.59 Å². The lowest BCUT2D eigenvalue weighted by Gasteiger charge is -2.29. The van der Waals surface area contributed by atoms with Gasteiger partial charge in [0.2, 0.25) is 5.91 Å². The van der Waals surface area contributed by atoms with Crippen LogP contribution in [-0.4, -0.2) is 42.8 Å². The molecule has 0 aromatic carbocycles. The van der Waals surface area contributed by atoms with Gasteiger partial charge in [-0.1, -0.05) is 19.1 Å². The van der Waals surface area contributed by atoms with Crippen LogP contribution in [0, 0.1) is 11.8 Å². The van der Waals surface area contributed by atoms with E-state index in [-0.39, 0.29) is 35.8 Å². The Kier molecular flexibility index (Phi) is 8.11. The molecule has 7 nitrogen and oxygen atoms in total. The van der Waals surface area contributed by atoms with Gasteiger partial charge in [0.15, 0.2) is 0 Å². The molecule has 0 heterocycles. The summed E-state index contributed by atoms with van der Waals surface area (Å²) < 4.78 is 10.2. The standard InChI is InChI=1S/C19H32N2O5/c1-7-8-9-15(20-12(2)22)14-10-13(17(23)25-6)11-16(14)21-18(24)26-19(3,4)5/h8-9,13-16H,7,10-11H2,1-6H3,(H,20,22)(H,21,24)/b9-8+/t13?,14-,15?,16+/m0/s1. The van der Waals surface area contributed by atoms with Crippen LogP contribution in [0.15, 0.2) is 12.2 Å². The third-order valence-corrected chi connectivity index (χ3v) is 4.26. The number of methoxy groups -OCH3 is 1. The molecule has 0 bridgehead atoms. The monoisotopic (exact) mass is 368 g/mol. The maximum absolute atomic E-state index is 12.2. The first-order valence-corrected chi connectivity index (χ1v) is 9.08. The third-order valence-electron chi connectivity index (χ3n) is 4.26. The van der Waals surface area contributed by atoms with Crippen molar-refractivity contribution < 1.29 is 23.9 Å². The van der Waals surface area contributed by atoms with E-state index in [1.165, 1.54) is 14.0 Å². The molecule has 2 unspecified atom stereocenters. The van der Waals surface area contributed by atoms with Crippen LogP contribution in [0.2, 0.25) is 0 Å². The van der Waals surface area contributed by atoms with Gasteiger partial charge >= 0.3 is 12.1 Å². The van der Waals surface area contributed by atoms with Crippen LogP contribution in [0.5, 0.6) is 0 Å². The molecule has 26 heavy (non-hydrogen) atoms. The number of hydrogen-bond donors (Lipinski definition) is 2. The Hall–Kier alpha value is -2.05. The van der Waals surface area contributed by atoms with Crippen LogP contribution in [0.3, 0.4) is 0 Å². The second kappa shape index (κ2) is 9.59. The maximum atomic E-state index is 12.2. The van der Waals surface area contributed by atoms with E-state index in [9.17, 15) is 14.4 Å². The maximum Gasteiger partial charge on any atom is 0.407 e. The topological polar surface area (TPSA) is 93.7 Å². The van der Waals surface area contributed by atoms with Gasteiger partial charge < -0.3 is 20.1 Å². The highest BCUT2D eigenvalue weighted by molar-refractivity contribution is 5.75. The van der Waals surface area contributed by atoms with Crippen molar-refractivity contribution in [1.29, 1.82) is 0 Å². The molecule has 4 atom stereocenters. The Labute approximate surface area is 155 Å². The van der Waals surface area contributed by atoms with E-state index in [0.717, 1.165) is 6.42 Å². The first kappa shape index (κ1) is 22.0. The first-order valence-electron chi connectivity index (χ1n) is 9.08. The van der Waals surface area contributed by atoms with Crippen molar-refractivity contribution in [1.82, 2.24) is 10.6 Å².